The van der Waals surface area contributed by atoms with Gasteiger partial charge in [0.25, 0.3) is 0 Å². The number of hydrogen-bond donors (Lipinski definition) is 4. The van der Waals surface area contributed by atoms with Crippen LogP contribution in [0.2, 0.25) is 0 Å². The van der Waals surface area contributed by atoms with Crippen molar-refractivity contribution in [3.05, 3.63) is 91.5 Å². The Kier molecular flexibility index (Phi) is 10.5. The maximum atomic E-state index is 15.8. The molecule has 3 aromatic carbocycles. The molecule has 0 saturated heterocycles. The highest BCUT2D eigenvalue weighted by Crippen LogP contribution is 2.41. The molecule has 1 atom stereocenters. The molecule has 1 aliphatic rings. The lowest BCUT2D eigenvalue weighted by molar-refractivity contribution is -0.151. The third kappa shape index (κ3) is 6.41. The number of carboxylic acid groups (broad SMARTS) is 1. The zero-order chi connectivity index (χ0) is 39.1. The monoisotopic (exact) mass is 722 g/mol. The fourth-order valence-corrected chi connectivity index (χ4v) is 5.63. The highest BCUT2D eigenvalue weighted by Gasteiger charge is 2.48. The first-order valence-electron chi connectivity index (χ1n) is 15.4. The van der Waals surface area contributed by atoms with E-state index in [4.69, 9.17) is 23.7 Å². The molecule has 0 aliphatic heterocycles. The average Bonchev–Trinajstić information content (AvgIpc) is 3.07. The second-order valence-electron chi connectivity index (χ2n) is 12.0. The van der Waals surface area contributed by atoms with Crippen LogP contribution in [-0.4, -0.2) is 69.9 Å². The van der Waals surface area contributed by atoms with Crippen LogP contribution in [0.1, 0.15) is 71.4 Å². The molecule has 0 heterocycles. The van der Waals surface area contributed by atoms with Crippen LogP contribution in [0.3, 0.4) is 0 Å². The predicted octanol–water partition coefficient (Wildman–Crippen LogP) is 4.93. The molecular weight excluding hydrogens is 687 g/mol. The van der Waals surface area contributed by atoms with Crippen LogP contribution in [-0.2, 0) is 14.3 Å². The van der Waals surface area contributed by atoms with E-state index in [0.717, 1.165) is 33.1 Å². The summed E-state index contributed by atoms with van der Waals surface area (Å²) in [5, 5.41) is 42.7. The molecule has 1 aliphatic carbocycles. The molecular formula is C37H35FO14. The summed E-state index contributed by atoms with van der Waals surface area (Å²) in [5.74, 6) is -9.95. The lowest BCUT2D eigenvalue weighted by Crippen LogP contribution is -2.47. The molecule has 274 valence electrons. The number of hydrogen-bond acceptors (Lipinski definition) is 13. The largest absolute Gasteiger partial charge is 0.507 e. The van der Waals surface area contributed by atoms with E-state index in [1.165, 1.54) is 46.9 Å². The van der Waals surface area contributed by atoms with Crippen molar-refractivity contribution < 1.29 is 72.5 Å². The van der Waals surface area contributed by atoms with Crippen molar-refractivity contribution in [1.82, 2.24) is 0 Å². The number of halogens is 1. The van der Waals surface area contributed by atoms with E-state index in [1.807, 2.05) is 0 Å². The van der Waals surface area contributed by atoms with Gasteiger partial charge in [-0.2, -0.15) is 0 Å². The van der Waals surface area contributed by atoms with Crippen molar-refractivity contribution in [2.45, 2.75) is 54.1 Å². The first-order valence-corrected chi connectivity index (χ1v) is 15.4. The maximum Gasteiger partial charge on any atom is 0.356 e. The topological polar surface area (TPSA) is 212 Å². The van der Waals surface area contributed by atoms with Crippen molar-refractivity contribution in [3.63, 3.8) is 0 Å². The van der Waals surface area contributed by atoms with Crippen molar-refractivity contribution in [1.29, 1.82) is 0 Å². The Bertz CT molecular complexity index is 2130. The fraction of sp³-hybridized carbons (Fsp3) is 0.270. The minimum absolute atomic E-state index is 0.0287. The smallest absolute Gasteiger partial charge is 0.356 e. The predicted molar refractivity (Wildman–Crippen MR) is 179 cm³/mol. The number of aromatic carboxylic acids is 1. The molecule has 4 rings (SSSR count). The highest BCUT2D eigenvalue weighted by atomic mass is 19.1. The number of carboxylic acids is 1. The van der Waals surface area contributed by atoms with E-state index in [0.29, 0.717) is 5.56 Å². The maximum absolute atomic E-state index is 15.8. The molecule has 52 heavy (non-hydrogen) atoms. The van der Waals surface area contributed by atoms with Crippen LogP contribution >= 0.6 is 0 Å². The number of aliphatic hydroxyl groups is 1. The summed E-state index contributed by atoms with van der Waals surface area (Å²) in [6.07, 6.45) is 1.82. The molecule has 0 aromatic heterocycles. The van der Waals surface area contributed by atoms with Crippen molar-refractivity contribution >= 4 is 29.7 Å². The van der Waals surface area contributed by atoms with Gasteiger partial charge in [-0.25, -0.2) is 23.6 Å². The van der Waals surface area contributed by atoms with Gasteiger partial charge in [0.15, 0.2) is 17.3 Å². The van der Waals surface area contributed by atoms with Crippen LogP contribution in [0.4, 0.5) is 4.39 Å². The minimum atomic E-state index is -2.60. The van der Waals surface area contributed by atoms with Gasteiger partial charge in [0, 0.05) is 28.8 Å². The van der Waals surface area contributed by atoms with Crippen molar-refractivity contribution in [2.75, 3.05) is 14.2 Å². The fourth-order valence-electron chi connectivity index (χ4n) is 5.63. The molecule has 0 unspecified atom stereocenters. The lowest BCUT2D eigenvalue weighted by Gasteiger charge is -2.30. The second kappa shape index (κ2) is 14.2. The molecule has 4 N–H and O–H groups in total. The van der Waals surface area contributed by atoms with Gasteiger partial charge in [-0.15, -0.1) is 0 Å². The number of ether oxygens (including phenoxy) is 5. The highest BCUT2D eigenvalue weighted by molar-refractivity contribution is 6.06. The number of aromatic hydroxyl groups is 2. The van der Waals surface area contributed by atoms with E-state index in [9.17, 15) is 44.4 Å². The molecule has 0 spiro atoms. The Balaban J connectivity index is 1.65. The number of carbonyl (C=O) groups excluding carboxylic acids is 4. The first-order chi connectivity index (χ1) is 24.2. The average molecular weight is 723 g/mol. The van der Waals surface area contributed by atoms with Gasteiger partial charge in [-0.1, -0.05) is 0 Å². The summed E-state index contributed by atoms with van der Waals surface area (Å²) in [6, 6.07) is 2.46. The molecule has 0 radical (unpaired) electrons. The summed E-state index contributed by atoms with van der Waals surface area (Å²) < 4.78 is 42.1. The number of methoxy groups -OCH3 is 2. The minimum Gasteiger partial charge on any atom is -0.507 e. The molecule has 3 aromatic rings. The van der Waals surface area contributed by atoms with E-state index in [1.54, 1.807) is 6.92 Å². The first kappa shape index (κ1) is 38.6. The lowest BCUT2D eigenvalue weighted by atomic mass is 9.87. The molecule has 0 saturated carbocycles. The van der Waals surface area contributed by atoms with Gasteiger partial charge >= 0.3 is 23.9 Å². The van der Waals surface area contributed by atoms with Gasteiger partial charge in [-0.05, 0) is 82.9 Å². The van der Waals surface area contributed by atoms with Gasteiger partial charge in [0.2, 0.25) is 5.60 Å². The van der Waals surface area contributed by atoms with Gasteiger partial charge < -0.3 is 44.1 Å². The Hall–Kier alpha value is -6.22. The summed E-state index contributed by atoms with van der Waals surface area (Å²) in [7, 11) is 2.35. The molecule has 14 nitrogen and oxygen atoms in total. The third-order valence-corrected chi connectivity index (χ3v) is 8.87. The van der Waals surface area contributed by atoms with Gasteiger partial charge in [0.1, 0.15) is 51.2 Å². The summed E-state index contributed by atoms with van der Waals surface area (Å²) >= 11 is 0. The summed E-state index contributed by atoms with van der Waals surface area (Å²) in [5.41, 5.74) is -4.19. The number of carbonyl (C=O) groups is 5. The number of esters is 3. The van der Waals surface area contributed by atoms with E-state index in [-0.39, 0.29) is 50.6 Å². The zero-order valence-corrected chi connectivity index (χ0v) is 29.6. The normalized spacial score (nSPS) is 15.3. The summed E-state index contributed by atoms with van der Waals surface area (Å²) in [6.45, 7) is 9.27. The number of ketones is 1. The summed E-state index contributed by atoms with van der Waals surface area (Å²) in [4.78, 5) is 63.5. The van der Waals surface area contributed by atoms with E-state index in [2.05, 4.69) is 0 Å². The molecule has 0 amide bonds. The van der Waals surface area contributed by atoms with Crippen LogP contribution in [0.5, 0.6) is 34.5 Å². The van der Waals surface area contributed by atoms with E-state index >= 15 is 4.39 Å². The Labute approximate surface area is 296 Å². The Morgan fingerprint density at radius 2 is 1.23 bits per heavy atom. The number of aryl methyl sites for hydroxylation is 1. The molecule has 15 heteroatoms. The zero-order valence-electron chi connectivity index (χ0n) is 29.6. The van der Waals surface area contributed by atoms with Crippen LogP contribution in [0, 0.1) is 47.4 Å². The van der Waals surface area contributed by atoms with Crippen LogP contribution in [0.25, 0.3) is 0 Å². The molecule has 0 fully saturated rings. The number of phenolic OH excluding ortho intramolecular Hbond substituents is 2. The Morgan fingerprint density at radius 3 is 1.79 bits per heavy atom. The Morgan fingerprint density at radius 1 is 0.673 bits per heavy atom. The van der Waals surface area contributed by atoms with Crippen LogP contribution in [0.15, 0.2) is 35.6 Å². The SMILES string of the molecule is COC1=CC(=O)C=C(C)[C@]1(O)C(=O)Oc1c(C)c(O)c(C(=O)Oc2cc(C)c(C(=O)Oc3cc(OC)c(C(=O)O)c(C)c3C)c(O)c2C)c(C)c1F. The number of benzene rings is 3. The quantitative estimate of drug-likeness (QED) is 0.170. The second-order valence-corrected chi connectivity index (χ2v) is 12.0. The standard InChI is InChI=1S/C37H35FO14/c1-14-10-22(18(5)30(40)26(14)34(44)51-23-13-24(48-8)27(33(42)43)17(4)16(23)3)50-35(45)28-19(6)29(38)32(20(7)31(28)41)52-36(46)37(47)15(2)11-21(39)12-25(37)49-9/h10-13,40-41,47H,1-9H3,(H,42,43)/t37-/m1/s1. The van der Waals surface area contributed by atoms with Crippen molar-refractivity contribution in [3.8, 4) is 34.5 Å². The number of rotatable bonds is 9. The van der Waals surface area contributed by atoms with Crippen molar-refractivity contribution in [2.24, 2.45) is 0 Å². The number of phenols is 2. The van der Waals surface area contributed by atoms with Crippen LogP contribution < -0.4 is 18.9 Å². The van der Waals surface area contributed by atoms with Gasteiger partial charge in [-0.3, -0.25) is 4.79 Å². The van der Waals surface area contributed by atoms with Gasteiger partial charge in [0.05, 0.1) is 14.2 Å². The number of allylic oxidation sites excluding steroid dienone is 2. The third-order valence-electron chi connectivity index (χ3n) is 8.87. The molecule has 0 bridgehead atoms. The van der Waals surface area contributed by atoms with E-state index < -0.39 is 80.8 Å².